The van der Waals surface area contributed by atoms with Crippen molar-refractivity contribution in [3.8, 4) is 11.4 Å². The van der Waals surface area contributed by atoms with Gasteiger partial charge >= 0.3 is 0 Å². The van der Waals surface area contributed by atoms with Crippen molar-refractivity contribution >= 4 is 38.0 Å². The monoisotopic (exact) mass is 397 g/mol. The number of rotatable bonds is 6. The quantitative estimate of drug-likeness (QED) is 0.448. The molecule has 2 rings (SSSR count). The van der Waals surface area contributed by atoms with Crippen LogP contribution in [0.25, 0.3) is 17.5 Å². The maximum Gasteiger partial charge on any atom is 0.293 e. The highest BCUT2D eigenvalue weighted by molar-refractivity contribution is 6.81. The van der Waals surface area contributed by atoms with Crippen molar-refractivity contribution in [2.75, 3.05) is 5.73 Å². The molecule has 2 N–H and O–H groups in total. The number of nitrogens with two attached hydrogens (primary N) is 1. The summed E-state index contributed by atoms with van der Waals surface area (Å²) in [6.07, 6.45) is 1.77. The minimum atomic E-state index is -1.54. The van der Waals surface area contributed by atoms with Gasteiger partial charge in [0, 0.05) is 5.56 Å². The molecule has 0 aliphatic rings. The fourth-order valence-corrected chi connectivity index (χ4v) is 2.90. The highest BCUT2D eigenvalue weighted by atomic mass is 35.5. The van der Waals surface area contributed by atoms with E-state index in [-0.39, 0.29) is 35.3 Å². The summed E-state index contributed by atoms with van der Waals surface area (Å²) in [6, 6.07) is 2.47. The van der Waals surface area contributed by atoms with E-state index in [1.807, 2.05) is 5.70 Å². The number of nitrogen functional groups attached to an aromatic ring is 1. The minimum absolute atomic E-state index is 0.0729. The van der Waals surface area contributed by atoms with Gasteiger partial charge in [0.1, 0.15) is 12.4 Å². The normalized spacial score (nSPS) is 11.8. The fraction of sp³-hybridized carbons (Fsp3) is 0.235. The molecule has 1 aromatic heterocycles. The molecule has 0 unspecified atom stereocenters. The lowest BCUT2D eigenvalue weighted by Crippen LogP contribution is -2.15. The van der Waals surface area contributed by atoms with Gasteiger partial charge in [0.05, 0.1) is 24.4 Å². The summed E-state index contributed by atoms with van der Waals surface area (Å²) < 4.78 is 32.7. The van der Waals surface area contributed by atoms with Gasteiger partial charge in [0.25, 0.3) is 6.47 Å². The summed E-state index contributed by atoms with van der Waals surface area (Å²) in [6.45, 7) is 6.48. The zero-order valence-electron chi connectivity index (χ0n) is 14.5. The minimum Gasteiger partial charge on any atom is -0.461 e. The number of carbonyl (C=O) groups excluding carboxylic acids is 1. The standard InChI is InChI=1S/C17H18ClF2N3O2Si/c1-26(2,3)7-6-10-13(8-25-9-24)22-17(23-16(10)21)11-4-5-12(18)15(20)14(11)19/h4-7,9H,8H2,1-3H3,(H2,21,22,23). The lowest BCUT2D eigenvalue weighted by molar-refractivity contribution is -0.129. The van der Waals surface area contributed by atoms with Gasteiger partial charge in [-0.2, -0.15) is 0 Å². The predicted octanol–water partition coefficient (Wildman–Crippen LogP) is 4.22. The van der Waals surface area contributed by atoms with E-state index in [2.05, 4.69) is 29.6 Å². The molecule has 0 radical (unpaired) electrons. The van der Waals surface area contributed by atoms with E-state index in [9.17, 15) is 13.6 Å². The summed E-state index contributed by atoms with van der Waals surface area (Å²) in [4.78, 5) is 18.8. The second-order valence-corrected chi connectivity index (χ2v) is 12.1. The molecule has 5 nitrogen and oxygen atoms in total. The van der Waals surface area contributed by atoms with Gasteiger partial charge in [-0.3, -0.25) is 4.79 Å². The summed E-state index contributed by atoms with van der Waals surface area (Å²) >= 11 is 5.57. The molecule has 0 bridgehead atoms. The summed E-state index contributed by atoms with van der Waals surface area (Å²) in [5, 5.41) is -0.349. The molecule has 0 amide bonds. The number of nitrogens with zero attached hydrogens (tertiary/aromatic N) is 2. The maximum absolute atomic E-state index is 14.2. The second-order valence-electron chi connectivity index (χ2n) is 6.62. The molecule has 2 aromatic rings. The van der Waals surface area contributed by atoms with Gasteiger partial charge in [0.15, 0.2) is 17.5 Å². The topological polar surface area (TPSA) is 78.1 Å². The first-order valence-electron chi connectivity index (χ1n) is 7.69. The van der Waals surface area contributed by atoms with Crippen LogP contribution in [0.4, 0.5) is 14.6 Å². The zero-order valence-corrected chi connectivity index (χ0v) is 16.3. The largest absolute Gasteiger partial charge is 0.461 e. The van der Waals surface area contributed by atoms with Crippen LogP contribution in [0.15, 0.2) is 17.8 Å². The SMILES string of the molecule is C[Si](C)(C)C=Cc1c(N)nc(-c2ccc(Cl)c(F)c2F)nc1COC=O. The Kier molecular flexibility index (Phi) is 6.09. The van der Waals surface area contributed by atoms with E-state index < -0.39 is 19.7 Å². The lowest BCUT2D eigenvalue weighted by Gasteiger charge is -2.13. The molecule has 0 aliphatic heterocycles. The molecule has 0 saturated heterocycles. The van der Waals surface area contributed by atoms with Crippen LogP contribution in [0.3, 0.4) is 0 Å². The Balaban J connectivity index is 2.61. The first-order valence-corrected chi connectivity index (χ1v) is 11.6. The fourth-order valence-electron chi connectivity index (χ4n) is 2.09. The molecule has 26 heavy (non-hydrogen) atoms. The summed E-state index contributed by atoms with van der Waals surface area (Å²) in [5.41, 5.74) is 8.61. The van der Waals surface area contributed by atoms with Crippen LogP contribution in [-0.4, -0.2) is 24.5 Å². The Morgan fingerprint density at radius 3 is 2.54 bits per heavy atom. The number of anilines is 1. The number of hydrogen-bond donors (Lipinski definition) is 1. The lowest BCUT2D eigenvalue weighted by atomic mass is 10.1. The first kappa shape index (κ1) is 20.0. The van der Waals surface area contributed by atoms with Gasteiger partial charge in [-0.05, 0) is 12.1 Å². The van der Waals surface area contributed by atoms with E-state index in [4.69, 9.17) is 22.1 Å². The van der Waals surface area contributed by atoms with Crippen molar-refractivity contribution in [1.82, 2.24) is 9.97 Å². The average molecular weight is 398 g/mol. The number of carbonyl (C=O) groups is 1. The van der Waals surface area contributed by atoms with Gasteiger partial charge in [-0.25, -0.2) is 18.7 Å². The molecule has 138 valence electrons. The van der Waals surface area contributed by atoms with Crippen LogP contribution in [0.5, 0.6) is 0 Å². The van der Waals surface area contributed by atoms with Crippen LogP contribution < -0.4 is 5.73 Å². The number of hydrogen-bond acceptors (Lipinski definition) is 5. The maximum atomic E-state index is 14.2. The summed E-state index contributed by atoms with van der Waals surface area (Å²) in [5.74, 6) is -2.42. The number of halogens is 3. The number of aromatic nitrogens is 2. The molecule has 0 aliphatic carbocycles. The van der Waals surface area contributed by atoms with Crippen molar-refractivity contribution in [1.29, 1.82) is 0 Å². The van der Waals surface area contributed by atoms with E-state index >= 15 is 0 Å². The molecular weight excluding hydrogens is 380 g/mol. The highest BCUT2D eigenvalue weighted by Gasteiger charge is 2.19. The molecule has 0 fully saturated rings. The zero-order chi connectivity index (χ0) is 19.5. The third-order valence-electron chi connectivity index (χ3n) is 3.37. The average Bonchev–Trinajstić information content (AvgIpc) is 2.55. The Morgan fingerprint density at radius 1 is 1.23 bits per heavy atom. The highest BCUT2D eigenvalue weighted by Crippen LogP contribution is 2.29. The van der Waals surface area contributed by atoms with Crippen LogP contribution in [0.2, 0.25) is 24.7 Å². The van der Waals surface area contributed by atoms with E-state index in [0.717, 1.165) is 0 Å². The number of benzene rings is 1. The van der Waals surface area contributed by atoms with Gasteiger partial charge in [-0.1, -0.05) is 43.0 Å². The van der Waals surface area contributed by atoms with Crippen LogP contribution in [0, 0.1) is 11.6 Å². The van der Waals surface area contributed by atoms with E-state index in [1.54, 1.807) is 6.08 Å². The Labute approximate surface area is 155 Å². The number of ether oxygens (including phenoxy) is 1. The van der Waals surface area contributed by atoms with Crippen LogP contribution in [0.1, 0.15) is 11.3 Å². The molecule has 0 saturated carbocycles. The Bertz CT molecular complexity index is 870. The van der Waals surface area contributed by atoms with Gasteiger partial charge < -0.3 is 10.5 Å². The summed E-state index contributed by atoms with van der Waals surface area (Å²) in [7, 11) is -1.54. The van der Waals surface area contributed by atoms with Crippen molar-refractivity contribution in [3.05, 3.63) is 45.7 Å². The Hall–Kier alpha value is -2.32. The molecule has 9 heteroatoms. The van der Waals surface area contributed by atoms with Crippen molar-refractivity contribution in [3.63, 3.8) is 0 Å². The molecule has 1 aromatic carbocycles. The molecular formula is C17H18ClF2N3O2Si. The Morgan fingerprint density at radius 2 is 1.92 bits per heavy atom. The van der Waals surface area contributed by atoms with Crippen molar-refractivity contribution in [2.24, 2.45) is 0 Å². The smallest absolute Gasteiger partial charge is 0.293 e. The molecule has 0 atom stereocenters. The van der Waals surface area contributed by atoms with Gasteiger partial charge in [-0.15, -0.1) is 0 Å². The molecule has 1 heterocycles. The third kappa shape index (κ3) is 4.64. The molecule has 0 spiro atoms. The predicted molar refractivity (Wildman–Crippen MR) is 100 cm³/mol. The third-order valence-corrected chi connectivity index (χ3v) is 4.83. The van der Waals surface area contributed by atoms with E-state index in [0.29, 0.717) is 11.3 Å². The second kappa shape index (κ2) is 7.92. The van der Waals surface area contributed by atoms with Gasteiger partial charge in [0.2, 0.25) is 0 Å². The van der Waals surface area contributed by atoms with Crippen LogP contribution >= 0.6 is 11.6 Å². The van der Waals surface area contributed by atoms with Crippen molar-refractivity contribution in [2.45, 2.75) is 26.2 Å². The van der Waals surface area contributed by atoms with Crippen molar-refractivity contribution < 1.29 is 18.3 Å². The van der Waals surface area contributed by atoms with Crippen LogP contribution in [-0.2, 0) is 16.1 Å². The first-order chi connectivity index (χ1) is 12.1. The van der Waals surface area contributed by atoms with E-state index in [1.165, 1.54) is 12.1 Å².